The van der Waals surface area contributed by atoms with Crippen LogP contribution in [0.2, 0.25) is 0 Å². The number of likely N-dealkylation sites (tertiary alicyclic amines) is 1. The van der Waals surface area contributed by atoms with E-state index in [9.17, 15) is 24.3 Å². The van der Waals surface area contributed by atoms with Crippen molar-refractivity contribution in [3.8, 4) is 0 Å². The van der Waals surface area contributed by atoms with Crippen LogP contribution in [-0.4, -0.2) is 57.1 Å². The minimum atomic E-state index is -1.17. The fraction of sp³-hybridized carbons (Fsp3) is 0.250. The summed E-state index contributed by atoms with van der Waals surface area (Å²) in [5.74, 6) is -3.25. The molecule has 1 N–H and O–H groups in total. The average molecular weight is 362 g/mol. The van der Waals surface area contributed by atoms with E-state index >= 15 is 0 Å². The number of rotatable bonds is 3. The van der Waals surface area contributed by atoms with E-state index in [1.807, 2.05) is 0 Å². The molecular formula is C16H14N2O6S. The van der Waals surface area contributed by atoms with E-state index in [0.717, 1.165) is 16.9 Å². The predicted molar refractivity (Wildman–Crippen MR) is 87.7 cm³/mol. The van der Waals surface area contributed by atoms with Crippen LogP contribution in [0, 0.1) is 0 Å². The Morgan fingerprint density at radius 3 is 2.08 bits per heavy atom. The molecule has 3 amide bonds. The van der Waals surface area contributed by atoms with Crippen LogP contribution < -0.4 is 0 Å². The summed E-state index contributed by atoms with van der Waals surface area (Å²) in [5.41, 5.74) is 0.0445. The molecular weight excluding hydrogens is 348 g/mol. The Hall–Kier alpha value is -2.81. The average Bonchev–Trinajstić information content (AvgIpc) is 2.84. The van der Waals surface area contributed by atoms with Crippen molar-refractivity contribution in [2.24, 2.45) is 0 Å². The molecule has 0 aromatic heterocycles. The molecule has 0 spiro atoms. The number of nitrogens with zero attached hydrogens (tertiary/aromatic N) is 2. The van der Waals surface area contributed by atoms with Crippen LogP contribution >= 0.6 is 12.6 Å². The van der Waals surface area contributed by atoms with Crippen LogP contribution in [-0.2, 0) is 14.3 Å². The SMILES string of the molecule is COC(=O)/C(=C(\C)O)N1C(=O)C(N2C(=O)c3ccccc3C2=O)C1S. The lowest BCUT2D eigenvalue weighted by Crippen LogP contribution is -2.69. The zero-order valence-electron chi connectivity index (χ0n) is 13.3. The summed E-state index contributed by atoms with van der Waals surface area (Å²) in [4.78, 5) is 51.0. The number of hydrogen-bond acceptors (Lipinski definition) is 7. The van der Waals surface area contributed by atoms with Gasteiger partial charge in [0.05, 0.1) is 18.2 Å². The monoisotopic (exact) mass is 362 g/mol. The van der Waals surface area contributed by atoms with Crippen LogP contribution in [0.1, 0.15) is 27.6 Å². The van der Waals surface area contributed by atoms with Gasteiger partial charge in [-0.25, -0.2) is 4.79 Å². The first-order valence-electron chi connectivity index (χ1n) is 7.27. The summed E-state index contributed by atoms with van der Waals surface area (Å²) in [6.07, 6.45) is 0. The summed E-state index contributed by atoms with van der Waals surface area (Å²) in [5, 5.41) is 8.71. The number of allylic oxidation sites excluding steroid dienone is 1. The van der Waals surface area contributed by atoms with Gasteiger partial charge >= 0.3 is 5.97 Å². The first kappa shape index (κ1) is 17.0. The summed E-state index contributed by atoms with van der Waals surface area (Å²) < 4.78 is 4.55. The van der Waals surface area contributed by atoms with Crippen LogP contribution in [0.25, 0.3) is 0 Å². The van der Waals surface area contributed by atoms with Crippen LogP contribution in [0.15, 0.2) is 35.7 Å². The molecule has 1 fully saturated rings. The molecule has 9 heteroatoms. The van der Waals surface area contributed by atoms with Gasteiger partial charge in [-0.15, -0.1) is 0 Å². The van der Waals surface area contributed by atoms with Crippen LogP contribution in [0.5, 0.6) is 0 Å². The number of carbonyl (C=O) groups excluding carboxylic acids is 4. The Morgan fingerprint density at radius 1 is 1.16 bits per heavy atom. The predicted octanol–water partition coefficient (Wildman–Crippen LogP) is 0.712. The molecule has 2 aliphatic heterocycles. The summed E-state index contributed by atoms with van der Waals surface area (Å²) in [7, 11) is 1.10. The zero-order chi connectivity index (χ0) is 18.5. The number of benzene rings is 1. The van der Waals surface area contributed by atoms with Gasteiger partial charge in [0.15, 0.2) is 5.70 Å². The maximum Gasteiger partial charge on any atom is 0.358 e. The van der Waals surface area contributed by atoms with Crippen molar-refractivity contribution >= 4 is 36.3 Å². The third-order valence-corrected chi connectivity index (χ3v) is 4.62. The maximum absolute atomic E-state index is 12.5. The zero-order valence-corrected chi connectivity index (χ0v) is 14.2. The quantitative estimate of drug-likeness (QED) is 0.205. The molecule has 0 aliphatic carbocycles. The normalized spacial score (nSPS) is 23.2. The van der Waals surface area contributed by atoms with Gasteiger partial charge in [-0.2, -0.15) is 12.6 Å². The number of aliphatic hydroxyl groups excluding tert-OH is 1. The number of aliphatic hydroxyl groups is 1. The van der Waals surface area contributed by atoms with Crippen molar-refractivity contribution in [1.29, 1.82) is 0 Å². The van der Waals surface area contributed by atoms with Crippen molar-refractivity contribution in [3.63, 3.8) is 0 Å². The number of β-lactam (4-membered cyclic amide) rings is 1. The van der Waals surface area contributed by atoms with Gasteiger partial charge < -0.3 is 9.84 Å². The van der Waals surface area contributed by atoms with Gasteiger partial charge in [-0.3, -0.25) is 24.2 Å². The molecule has 8 nitrogen and oxygen atoms in total. The van der Waals surface area contributed by atoms with E-state index in [0.29, 0.717) is 0 Å². The van der Waals surface area contributed by atoms with Crippen molar-refractivity contribution in [3.05, 3.63) is 46.8 Å². The number of amides is 3. The highest BCUT2D eigenvalue weighted by atomic mass is 32.1. The first-order chi connectivity index (χ1) is 11.8. The molecule has 2 atom stereocenters. The molecule has 0 bridgehead atoms. The number of esters is 1. The van der Waals surface area contributed by atoms with Crippen molar-refractivity contribution in [2.75, 3.05) is 7.11 Å². The molecule has 0 saturated carbocycles. The number of thiol groups is 1. The second-order valence-electron chi connectivity index (χ2n) is 5.52. The summed E-state index contributed by atoms with van der Waals surface area (Å²) in [6, 6.07) is 5.07. The van der Waals surface area contributed by atoms with Crippen molar-refractivity contribution < 1.29 is 29.0 Å². The van der Waals surface area contributed by atoms with E-state index in [1.165, 1.54) is 19.1 Å². The summed E-state index contributed by atoms with van der Waals surface area (Å²) in [6.45, 7) is 1.22. The fourth-order valence-corrected chi connectivity index (χ4v) is 3.41. The lowest BCUT2D eigenvalue weighted by molar-refractivity contribution is -0.153. The number of ether oxygens (including phenoxy) is 1. The number of fused-ring (bicyclic) bond motifs is 1. The smallest absolute Gasteiger partial charge is 0.358 e. The Balaban J connectivity index is 1.92. The highest BCUT2D eigenvalue weighted by molar-refractivity contribution is 7.81. The number of carbonyl (C=O) groups is 4. The standard InChI is InChI=1S/C16H14N2O6S/c1-7(19)10(16(23)24-2)18-14(22)11(15(18)25)17-12(20)8-5-3-4-6-9(8)13(17)21/h3-6,11,15,19,25H,1-2H3/b10-7-. The van der Waals surface area contributed by atoms with E-state index in [-0.39, 0.29) is 16.8 Å². The van der Waals surface area contributed by atoms with E-state index in [4.69, 9.17) is 0 Å². The molecule has 0 radical (unpaired) electrons. The second-order valence-corrected chi connectivity index (χ2v) is 6.05. The molecule has 130 valence electrons. The number of imide groups is 1. The number of hydrogen-bond donors (Lipinski definition) is 2. The van der Waals surface area contributed by atoms with Crippen LogP contribution in [0.4, 0.5) is 0 Å². The first-order valence-corrected chi connectivity index (χ1v) is 7.79. The molecule has 1 aromatic carbocycles. The van der Waals surface area contributed by atoms with Crippen molar-refractivity contribution in [1.82, 2.24) is 9.80 Å². The highest BCUT2D eigenvalue weighted by Gasteiger charge is 2.57. The third kappa shape index (κ3) is 2.30. The van der Waals surface area contributed by atoms with Gasteiger partial charge in [-0.05, 0) is 19.1 Å². The third-order valence-electron chi connectivity index (χ3n) is 4.10. The topological polar surface area (TPSA) is 104 Å². The van der Waals surface area contributed by atoms with E-state index in [2.05, 4.69) is 17.4 Å². The minimum Gasteiger partial charge on any atom is -0.510 e. The maximum atomic E-state index is 12.5. The van der Waals surface area contributed by atoms with Gasteiger partial charge in [-0.1, -0.05) is 12.1 Å². The van der Waals surface area contributed by atoms with Gasteiger partial charge in [0.1, 0.15) is 17.2 Å². The summed E-state index contributed by atoms with van der Waals surface area (Å²) >= 11 is 4.24. The lowest BCUT2D eigenvalue weighted by Gasteiger charge is -2.47. The Kier molecular flexibility index (Phi) is 4.03. The van der Waals surface area contributed by atoms with Gasteiger partial charge in [0.2, 0.25) is 0 Å². The molecule has 3 rings (SSSR count). The van der Waals surface area contributed by atoms with Crippen molar-refractivity contribution in [2.45, 2.75) is 18.3 Å². The molecule has 1 aromatic rings. The van der Waals surface area contributed by atoms with Crippen LogP contribution in [0.3, 0.4) is 0 Å². The van der Waals surface area contributed by atoms with E-state index in [1.54, 1.807) is 12.1 Å². The Labute approximate surface area is 148 Å². The molecule has 2 unspecified atom stereocenters. The minimum absolute atomic E-state index is 0.210. The number of methoxy groups -OCH3 is 1. The molecule has 2 aliphatic rings. The Morgan fingerprint density at radius 2 is 1.68 bits per heavy atom. The fourth-order valence-electron chi connectivity index (χ4n) is 2.92. The highest BCUT2D eigenvalue weighted by Crippen LogP contribution is 2.37. The lowest BCUT2D eigenvalue weighted by atomic mass is 10.0. The molecule has 2 heterocycles. The second kappa shape index (κ2) is 5.92. The largest absolute Gasteiger partial charge is 0.510 e. The van der Waals surface area contributed by atoms with E-state index < -0.39 is 40.9 Å². The molecule has 25 heavy (non-hydrogen) atoms. The van der Waals surface area contributed by atoms with Gasteiger partial charge in [0, 0.05) is 0 Å². The molecule has 1 saturated heterocycles. The Bertz CT molecular complexity index is 810. The van der Waals surface area contributed by atoms with Gasteiger partial charge in [0.25, 0.3) is 17.7 Å².